The Morgan fingerprint density at radius 3 is 2.60 bits per heavy atom. The molecular weight excluding hydrogens is 180 g/mol. The highest BCUT2D eigenvalue weighted by Crippen LogP contribution is 2.13. The lowest BCUT2D eigenvalue weighted by Crippen LogP contribution is -2.37. The van der Waals surface area contributed by atoms with E-state index in [0.717, 1.165) is 0 Å². The fourth-order valence-corrected chi connectivity index (χ4v) is 4.54. The maximum absolute atomic E-state index is 5.25. The quantitative estimate of drug-likeness (QED) is 0.456. The molecule has 0 spiro atoms. The molecule has 10 heavy (non-hydrogen) atoms. The monoisotopic (exact) mass is 187 g/mol. The molecule has 6 heteroatoms. The van der Waals surface area contributed by atoms with Crippen molar-refractivity contribution >= 4 is 29.3 Å². The van der Waals surface area contributed by atoms with Crippen molar-refractivity contribution in [3.8, 4) is 0 Å². The second-order valence-electron chi connectivity index (χ2n) is 1.82. The van der Waals surface area contributed by atoms with Crippen LogP contribution in [0.5, 0.6) is 0 Å². The van der Waals surface area contributed by atoms with Gasteiger partial charge in [-0.05, 0) is 0 Å². The molecule has 1 fully saturated rings. The van der Waals surface area contributed by atoms with Crippen molar-refractivity contribution in [1.82, 2.24) is 0 Å². The first-order chi connectivity index (χ1) is 4.84. The van der Waals surface area contributed by atoms with Crippen molar-refractivity contribution in [3.05, 3.63) is 12.7 Å². The smallest absolute Gasteiger partial charge is 0.412 e. The summed E-state index contributed by atoms with van der Waals surface area (Å²) in [6, 6.07) is 0. The van der Waals surface area contributed by atoms with Crippen molar-refractivity contribution < 1.29 is 12.3 Å². The predicted molar refractivity (Wildman–Crippen MR) is 40.1 cm³/mol. The Morgan fingerprint density at radius 2 is 2.10 bits per heavy atom. The zero-order valence-corrected chi connectivity index (χ0v) is 8.59. The van der Waals surface area contributed by atoms with Gasteiger partial charge in [0.15, 0.2) is 0 Å². The molecule has 0 bridgehead atoms. The highest BCUT2D eigenvalue weighted by molar-refractivity contribution is 6.62. The molecule has 0 saturated carbocycles. The van der Waals surface area contributed by atoms with Crippen LogP contribution < -0.4 is 0 Å². The third-order valence-corrected chi connectivity index (χ3v) is 5.02. The molecule has 0 amide bonds. The van der Waals surface area contributed by atoms with Crippen LogP contribution in [0.15, 0.2) is 12.7 Å². The van der Waals surface area contributed by atoms with Crippen LogP contribution in [-0.4, -0.2) is 29.3 Å². The van der Waals surface area contributed by atoms with Gasteiger partial charge in [0.2, 0.25) is 0 Å². The molecule has 0 aromatic rings. The molecule has 1 aliphatic heterocycles. The SMILES string of the molecule is C=CC(C)[Si]1O[Si]O[Si]O1. The topological polar surface area (TPSA) is 27.7 Å². The minimum atomic E-state index is -1.10. The Bertz CT molecular complexity index is 114. The second-order valence-corrected chi connectivity index (χ2v) is 6.15. The first-order valence-corrected chi connectivity index (χ1v) is 5.86. The van der Waals surface area contributed by atoms with Gasteiger partial charge < -0.3 is 12.3 Å². The maximum Gasteiger partial charge on any atom is 0.412 e. The molecule has 1 unspecified atom stereocenters. The van der Waals surface area contributed by atoms with Gasteiger partial charge >= 0.3 is 29.3 Å². The normalized spacial score (nSPS) is 24.1. The molecule has 3 nitrogen and oxygen atoms in total. The second kappa shape index (κ2) is 4.21. The first-order valence-electron chi connectivity index (χ1n) is 2.83. The summed E-state index contributed by atoms with van der Waals surface area (Å²) >= 11 is 0. The number of hydrogen-bond acceptors (Lipinski definition) is 3. The van der Waals surface area contributed by atoms with Crippen molar-refractivity contribution in [1.29, 1.82) is 0 Å². The van der Waals surface area contributed by atoms with Crippen LogP contribution in [0, 0.1) is 0 Å². The van der Waals surface area contributed by atoms with Crippen LogP contribution in [0.3, 0.4) is 0 Å². The van der Waals surface area contributed by atoms with Gasteiger partial charge in [-0.25, -0.2) is 0 Å². The Balaban J connectivity index is 2.30. The molecule has 1 aliphatic rings. The minimum Gasteiger partial charge on any atom is -0.413 e. The summed E-state index contributed by atoms with van der Waals surface area (Å²) in [4.78, 5) is 0. The third kappa shape index (κ3) is 2.15. The van der Waals surface area contributed by atoms with Gasteiger partial charge in [-0.1, -0.05) is 13.0 Å². The summed E-state index contributed by atoms with van der Waals surface area (Å²) in [6.45, 7) is 5.71. The largest absolute Gasteiger partial charge is 0.413 e. The number of rotatable bonds is 2. The van der Waals surface area contributed by atoms with E-state index < -0.39 is 9.28 Å². The lowest BCUT2D eigenvalue weighted by atomic mass is 10.5. The van der Waals surface area contributed by atoms with Crippen molar-refractivity contribution in [3.63, 3.8) is 0 Å². The van der Waals surface area contributed by atoms with Gasteiger partial charge in [-0.3, -0.25) is 0 Å². The van der Waals surface area contributed by atoms with Crippen LogP contribution in [0.2, 0.25) is 5.54 Å². The Labute approximate surface area is 67.3 Å². The molecular formula is C4H7O3Si3. The van der Waals surface area contributed by atoms with E-state index in [4.69, 9.17) is 12.3 Å². The summed E-state index contributed by atoms with van der Waals surface area (Å²) in [5, 5.41) is 0. The Hall–Kier alpha value is 0.271. The fourth-order valence-electron chi connectivity index (χ4n) is 0.444. The van der Waals surface area contributed by atoms with E-state index in [1.54, 1.807) is 0 Å². The third-order valence-electron chi connectivity index (χ3n) is 1.09. The zero-order chi connectivity index (χ0) is 7.40. The van der Waals surface area contributed by atoms with Gasteiger partial charge in [0, 0.05) is 5.54 Å². The molecule has 5 radical (unpaired) electrons. The highest BCUT2D eigenvalue weighted by Gasteiger charge is 2.26. The fraction of sp³-hybridized carbons (Fsp3) is 0.500. The summed E-state index contributed by atoms with van der Waals surface area (Å²) in [5.74, 6) is 0. The average Bonchev–Trinajstić information content (AvgIpc) is 2.05. The molecule has 1 atom stereocenters. The van der Waals surface area contributed by atoms with Crippen molar-refractivity contribution in [2.75, 3.05) is 0 Å². The van der Waals surface area contributed by atoms with E-state index >= 15 is 0 Å². The van der Waals surface area contributed by atoms with E-state index in [-0.39, 0.29) is 20.0 Å². The minimum absolute atomic E-state index is 0.163. The summed E-state index contributed by atoms with van der Waals surface area (Å²) < 4.78 is 15.4. The molecule has 53 valence electrons. The molecule has 1 saturated heterocycles. The molecule has 1 rings (SSSR count). The average molecular weight is 187 g/mol. The summed E-state index contributed by atoms with van der Waals surface area (Å²) in [7, 11) is -0.770. The maximum atomic E-state index is 5.25. The van der Waals surface area contributed by atoms with Crippen LogP contribution in [0.1, 0.15) is 6.92 Å². The van der Waals surface area contributed by atoms with E-state index in [0.29, 0.717) is 5.54 Å². The van der Waals surface area contributed by atoms with Gasteiger partial charge in [0.05, 0.1) is 0 Å². The zero-order valence-electron chi connectivity index (χ0n) is 5.59. The van der Waals surface area contributed by atoms with Crippen molar-refractivity contribution in [2.45, 2.75) is 12.5 Å². The van der Waals surface area contributed by atoms with Gasteiger partial charge in [0.1, 0.15) is 0 Å². The predicted octanol–water partition coefficient (Wildman–Crippen LogP) is 0.182. The summed E-state index contributed by atoms with van der Waals surface area (Å²) in [6.07, 6.45) is 1.86. The summed E-state index contributed by atoms with van der Waals surface area (Å²) in [5.41, 5.74) is 0.342. The van der Waals surface area contributed by atoms with Crippen molar-refractivity contribution in [2.24, 2.45) is 0 Å². The lowest BCUT2D eigenvalue weighted by Gasteiger charge is -2.21. The first kappa shape index (κ1) is 8.37. The molecule has 0 aromatic heterocycles. The molecule has 1 heterocycles. The van der Waals surface area contributed by atoms with E-state index in [1.807, 2.05) is 13.0 Å². The van der Waals surface area contributed by atoms with Gasteiger partial charge in [0.25, 0.3) is 0 Å². The van der Waals surface area contributed by atoms with Crippen LogP contribution in [0.25, 0.3) is 0 Å². The van der Waals surface area contributed by atoms with Crippen LogP contribution in [0.4, 0.5) is 0 Å². The Morgan fingerprint density at radius 1 is 1.50 bits per heavy atom. The van der Waals surface area contributed by atoms with E-state index in [2.05, 4.69) is 6.58 Å². The van der Waals surface area contributed by atoms with E-state index in [9.17, 15) is 0 Å². The molecule has 0 aliphatic carbocycles. The number of hydrogen-bond donors (Lipinski definition) is 0. The van der Waals surface area contributed by atoms with Crippen LogP contribution in [-0.2, 0) is 12.3 Å². The van der Waals surface area contributed by atoms with Crippen LogP contribution >= 0.6 is 0 Å². The molecule has 0 N–H and O–H groups in total. The highest BCUT2D eigenvalue weighted by atomic mass is 28.4. The lowest BCUT2D eigenvalue weighted by molar-refractivity contribution is 0.318. The van der Waals surface area contributed by atoms with E-state index in [1.165, 1.54) is 0 Å². The number of allylic oxidation sites excluding steroid dienone is 1. The molecule has 0 aromatic carbocycles. The van der Waals surface area contributed by atoms with Gasteiger partial charge in [-0.15, -0.1) is 6.58 Å². The Kier molecular flexibility index (Phi) is 3.52. The van der Waals surface area contributed by atoms with Gasteiger partial charge in [-0.2, -0.15) is 0 Å². The standard InChI is InChI=1S/C4H7O3Si3/c1-3-4(2)10-6-8-5-9-7-10/h3-4H,1H2,2H3.